The molecule has 0 bridgehead atoms. The van der Waals surface area contributed by atoms with Gasteiger partial charge in [0, 0.05) is 22.0 Å². The number of sulfonamides is 1. The molecule has 7 nitrogen and oxygen atoms in total. The Bertz CT molecular complexity index is 846. The van der Waals surface area contributed by atoms with Gasteiger partial charge in [-0.25, -0.2) is 13.2 Å². The quantitative estimate of drug-likeness (QED) is 0.742. The van der Waals surface area contributed by atoms with Crippen molar-refractivity contribution in [3.63, 3.8) is 0 Å². The number of rotatable bonds is 6. The van der Waals surface area contributed by atoms with Crippen LogP contribution in [-0.2, 0) is 10.0 Å². The summed E-state index contributed by atoms with van der Waals surface area (Å²) >= 11 is 4.08. The molecule has 0 fully saturated rings. The number of hydrogen-bond acceptors (Lipinski definition) is 6. The monoisotopic (exact) mass is 421 g/mol. The van der Waals surface area contributed by atoms with E-state index in [1.165, 1.54) is 25.7 Å². The third-order valence-corrected chi connectivity index (χ3v) is 6.27. The van der Waals surface area contributed by atoms with E-state index in [0.717, 1.165) is 17.4 Å². The maximum atomic E-state index is 12.4. The highest BCUT2D eigenvalue weighted by Gasteiger charge is 2.21. The van der Waals surface area contributed by atoms with Gasteiger partial charge in [-0.1, -0.05) is 0 Å². The molecule has 0 atom stereocenters. The predicted molar refractivity (Wildman–Crippen MR) is 89.3 cm³/mol. The van der Waals surface area contributed by atoms with Gasteiger partial charge in [0.15, 0.2) is 11.5 Å². The van der Waals surface area contributed by atoms with E-state index in [0.29, 0.717) is 16.0 Å². The normalized spacial score (nSPS) is 11.1. The van der Waals surface area contributed by atoms with Crippen molar-refractivity contribution in [2.75, 3.05) is 18.9 Å². The van der Waals surface area contributed by atoms with Crippen LogP contribution in [0.25, 0.3) is 0 Å². The maximum Gasteiger partial charge on any atom is 0.336 e. The highest BCUT2D eigenvalue weighted by molar-refractivity contribution is 9.10. The first-order valence-corrected chi connectivity index (χ1v) is 9.20. The van der Waals surface area contributed by atoms with Gasteiger partial charge in [0.05, 0.1) is 25.5 Å². The molecule has 0 aliphatic carbocycles. The number of halogens is 1. The van der Waals surface area contributed by atoms with Gasteiger partial charge in [0.2, 0.25) is 0 Å². The van der Waals surface area contributed by atoms with Crippen LogP contribution in [0.4, 0.5) is 5.69 Å². The van der Waals surface area contributed by atoms with Crippen molar-refractivity contribution in [3.05, 3.63) is 33.6 Å². The first-order valence-electron chi connectivity index (χ1n) is 6.04. The number of anilines is 1. The number of aromatic carboxylic acids is 1. The lowest BCUT2D eigenvalue weighted by Gasteiger charge is -2.13. The molecular formula is C13H12BrNO6S2. The van der Waals surface area contributed by atoms with Gasteiger partial charge in [-0.05, 0) is 22.0 Å². The zero-order chi connectivity index (χ0) is 17.2. The van der Waals surface area contributed by atoms with Crippen LogP contribution in [0.1, 0.15) is 10.4 Å². The number of methoxy groups -OCH3 is 2. The summed E-state index contributed by atoms with van der Waals surface area (Å²) < 4.78 is 37.7. The van der Waals surface area contributed by atoms with Gasteiger partial charge < -0.3 is 14.6 Å². The Morgan fingerprint density at radius 1 is 1.22 bits per heavy atom. The fourth-order valence-corrected chi connectivity index (χ4v) is 4.47. The number of carboxylic acids is 1. The van der Waals surface area contributed by atoms with Crippen LogP contribution in [0.2, 0.25) is 0 Å². The number of nitrogens with one attached hydrogen (secondary N) is 1. The standard InChI is InChI=1S/C13H12BrNO6S2/c1-20-10-4-8(14)9(5-11(10)21-2)15-23(18,19)12-3-7(6-22-12)13(16)17/h3-6,15H,1-2H3,(H,16,17). The second kappa shape index (κ2) is 6.77. The third-order valence-electron chi connectivity index (χ3n) is 2.80. The minimum atomic E-state index is -3.91. The van der Waals surface area contributed by atoms with E-state index >= 15 is 0 Å². The first-order chi connectivity index (χ1) is 10.8. The second-order valence-electron chi connectivity index (χ2n) is 4.25. The van der Waals surface area contributed by atoms with Crippen molar-refractivity contribution in [2.45, 2.75) is 4.21 Å². The summed E-state index contributed by atoms with van der Waals surface area (Å²) in [7, 11) is -1.02. The van der Waals surface area contributed by atoms with Crippen LogP contribution in [-0.4, -0.2) is 33.7 Å². The Morgan fingerprint density at radius 2 is 1.83 bits per heavy atom. The van der Waals surface area contributed by atoms with Gasteiger partial charge in [0.1, 0.15) is 4.21 Å². The van der Waals surface area contributed by atoms with Crippen LogP contribution in [0.15, 0.2) is 32.3 Å². The van der Waals surface area contributed by atoms with E-state index in [1.54, 1.807) is 6.07 Å². The molecular weight excluding hydrogens is 410 g/mol. The molecule has 0 radical (unpaired) electrons. The zero-order valence-corrected chi connectivity index (χ0v) is 15.2. The Morgan fingerprint density at radius 3 is 2.35 bits per heavy atom. The van der Waals surface area contributed by atoms with Gasteiger partial charge in [-0.3, -0.25) is 4.72 Å². The molecule has 0 amide bonds. The van der Waals surface area contributed by atoms with Crippen molar-refractivity contribution < 1.29 is 27.8 Å². The molecule has 0 unspecified atom stereocenters. The topological polar surface area (TPSA) is 102 Å². The number of carboxylic acid groups (broad SMARTS) is 1. The number of ether oxygens (including phenoxy) is 2. The molecule has 124 valence electrons. The Labute approximate surface area is 145 Å². The van der Waals surface area contributed by atoms with E-state index in [9.17, 15) is 13.2 Å². The lowest BCUT2D eigenvalue weighted by Crippen LogP contribution is -2.12. The number of hydrogen-bond donors (Lipinski definition) is 2. The number of carbonyl (C=O) groups is 1. The van der Waals surface area contributed by atoms with Crippen LogP contribution < -0.4 is 14.2 Å². The molecule has 0 aliphatic rings. The van der Waals surface area contributed by atoms with E-state index in [4.69, 9.17) is 14.6 Å². The Kier molecular flexibility index (Phi) is 5.17. The molecule has 23 heavy (non-hydrogen) atoms. The minimum absolute atomic E-state index is 0.0817. The molecule has 1 heterocycles. The third kappa shape index (κ3) is 3.77. The van der Waals surface area contributed by atoms with E-state index < -0.39 is 16.0 Å². The van der Waals surface area contributed by atoms with Gasteiger partial charge in [-0.2, -0.15) is 0 Å². The summed E-state index contributed by atoms with van der Waals surface area (Å²) in [6, 6.07) is 4.13. The smallest absolute Gasteiger partial charge is 0.336 e. The molecule has 0 aliphatic heterocycles. The average molecular weight is 422 g/mol. The highest BCUT2D eigenvalue weighted by atomic mass is 79.9. The first kappa shape index (κ1) is 17.6. The largest absolute Gasteiger partial charge is 0.493 e. The van der Waals surface area contributed by atoms with Crippen molar-refractivity contribution in [1.82, 2.24) is 0 Å². The second-order valence-corrected chi connectivity index (χ2v) is 7.93. The van der Waals surface area contributed by atoms with Gasteiger partial charge in [0.25, 0.3) is 10.0 Å². The van der Waals surface area contributed by atoms with Gasteiger partial charge in [-0.15, -0.1) is 11.3 Å². The van der Waals surface area contributed by atoms with Crippen molar-refractivity contribution in [2.24, 2.45) is 0 Å². The van der Waals surface area contributed by atoms with Crippen molar-refractivity contribution in [1.29, 1.82) is 0 Å². The molecule has 2 aromatic rings. The van der Waals surface area contributed by atoms with Gasteiger partial charge >= 0.3 is 5.97 Å². The number of benzene rings is 1. The Hall–Kier alpha value is -1.78. The van der Waals surface area contributed by atoms with Crippen LogP contribution >= 0.6 is 27.3 Å². The summed E-state index contributed by atoms with van der Waals surface area (Å²) in [5.41, 5.74) is 0.162. The van der Waals surface area contributed by atoms with Crippen LogP contribution in [0.3, 0.4) is 0 Å². The molecule has 1 aromatic heterocycles. The summed E-state index contributed by atoms with van der Waals surface area (Å²) in [6.45, 7) is 0. The molecule has 0 spiro atoms. The fraction of sp³-hybridized carbons (Fsp3) is 0.154. The molecule has 2 N–H and O–H groups in total. The van der Waals surface area contributed by atoms with Crippen molar-refractivity contribution in [3.8, 4) is 11.5 Å². The zero-order valence-electron chi connectivity index (χ0n) is 12.0. The highest BCUT2D eigenvalue weighted by Crippen LogP contribution is 2.37. The van der Waals surface area contributed by atoms with Crippen molar-refractivity contribution >= 4 is 48.9 Å². The fourth-order valence-electron chi connectivity index (χ4n) is 1.70. The average Bonchev–Trinajstić information content (AvgIpc) is 2.99. The minimum Gasteiger partial charge on any atom is -0.493 e. The summed E-state index contributed by atoms with van der Waals surface area (Å²) in [5.74, 6) is -0.396. The Balaban J connectivity index is 2.38. The predicted octanol–water partition coefficient (Wildman–Crippen LogP) is 3.03. The van der Waals surface area contributed by atoms with E-state index in [-0.39, 0.29) is 15.5 Å². The molecule has 2 rings (SSSR count). The lowest BCUT2D eigenvalue weighted by atomic mass is 10.3. The molecule has 10 heteroatoms. The summed E-state index contributed by atoms with van der Waals surface area (Å²) in [5, 5.41) is 10.1. The molecule has 0 saturated carbocycles. The molecule has 1 aromatic carbocycles. The van der Waals surface area contributed by atoms with Crippen LogP contribution in [0, 0.1) is 0 Å². The van der Waals surface area contributed by atoms with Crippen LogP contribution in [0.5, 0.6) is 11.5 Å². The summed E-state index contributed by atoms with van der Waals surface area (Å²) in [6.07, 6.45) is 0. The van der Waals surface area contributed by atoms with E-state index in [2.05, 4.69) is 20.7 Å². The number of thiophene rings is 1. The summed E-state index contributed by atoms with van der Waals surface area (Å²) in [4.78, 5) is 10.9. The molecule has 0 saturated heterocycles. The van der Waals surface area contributed by atoms with E-state index in [1.807, 2.05) is 0 Å². The lowest BCUT2D eigenvalue weighted by molar-refractivity contribution is 0.0697. The SMILES string of the molecule is COc1cc(Br)c(NS(=O)(=O)c2cc(C(=O)O)cs2)cc1OC. The maximum absolute atomic E-state index is 12.4.